The van der Waals surface area contributed by atoms with E-state index in [-0.39, 0.29) is 18.1 Å². The molecule has 2 aliphatic rings. The Balaban J connectivity index is 1.94. The van der Waals surface area contributed by atoms with Gasteiger partial charge in [0.15, 0.2) is 0 Å². The average Bonchev–Trinajstić information content (AvgIpc) is 2.38. The van der Waals surface area contributed by atoms with Crippen LogP contribution < -0.4 is 5.73 Å². The van der Waals surface area contributed by atoms with Crippen LogP contribution in [0.3, 0.4) is 0 Å². The van der Waals surface area contributed by atoms with Gasteiger partial charge in [0.2, 0.25) is 5.91 Å². The van der Waals surface area contributed by atoms with Crippen LogP contribution in [0.1, 0.15) is 39.5 Å². The summed E-state index contributed by atoms with van der Waals surface area (Å²) in [6, 6.07) is 0.289. The fourth-order valence-electron chi connectivity index (χ4n) is 3.21. The van der Waals surface area contributed by atoms with Crippen molar-refractivity contribution in [3.05, 3.63) is 0 Å². The Morgan fingerprint density at radius 2 is 2.22 bits per heavy atom. The van der Waals surface area contributed by atoms with Gasteiger partial charge in [-0.05, 0) is 31.6 Å². The molecule has 0 aromatic carbocycles. The maximum absolute atomic E-state index is 12.6. The molecule has 0 aromatic rings. The van der Waals surface area contributed by atoms with Gasteiger partial charge in [0.25, 0.3) is 0 Å². The average molecular weight is 254 g/mol. The van der Waals surface area contributed by atoms with Crippen LogP contribution in [0, 0.1) is 11.8 Å². The van der Waals surface area contributed by atoms with E-state index in [9.17, 15) is 4.79 Å². The molecule has 104 valence electrons. The molecule has 18 heavy (non-hydrogen) atoms. The second-order valence-electron chi connectivity index (χ2n) is 5.84. The van der Waals surface area contributed by atoms with Gasteiger partial charge in [0.05, 0.1) is 12.7 Å². The third-order valence-corrected chi connectivity index (χ3v) is 4.43. The number of rotatable bonds is 2. The largest absolute Gasteiger partial charge is 0.375 e. The van der Waals surface area contributed by atoms with Crippen LogP contribution in [0.15, 0.2) is 0 Å². The van der Waals surface area contributed by atoms with Gasteiger partial charge in [-0.3, -0.25) is 4.79 Å². The third-order valence-electron chi connectivity index (χ3n) is 4.43. The van der Waals surface area contributed by atoms with Gasteiger partial charge in [-0.25, -0.2) is 0 Å². The summed E-state index contributed by atoms with van der Waals surface area (Å²) < 4.78 is 5.62. The molecule has 1 amide bonds. The molecule has 2 N–H and O–H groups in total. The van der Waals surface area contributed by atoms with E-state index in [2.05, 4.69) is 13.8 Å². The van der Waals surface area contributed by atoms with Crippen LogP contribution in [-0.2, 0) is 9.53 Å². The van der Waals surface area contributed by atoms with Crippen molar-refractivity contribution in [1.82, 2.24) is 4.90 Å². The van der Waals surface area contributed by atoms with Crippen molar-refractivity contribution in [2.24, 2.45) is 17.6 Å². The first kappa shape index (κ1) is 13.8. The van der Waals surface area contributed by atoms with Gasteiger partial charge < -0.3 is 15.4 Å². The van der Waals surface area contributed by atoms with E-state index in [1.165, 1.54) is 0 Å². The lowest BCUT2D eigenvalue weighted by atomic mass is 9.77. The highest BCUT2D eigenvalue weighted by Crippen LogP contribution is 2.31. The van der Waals surface area contributed by atoms with E-state index in [1.807, 2.05) is 4.90 Å². The van der Waals surface area contributed by atoms with Crippen LogP contribution in [0.4, 0.5) is 0 Å². The molecule has 4 nitrogen and oxygen atoms in total. The van der Waals surface area contributed by atoms with E-state index < -0.39 is 0 Å². The Bertz CT molecular complexity index is 296. The topological polar surface area (TPSA) is 55.6 Å². The summed E-state index contributed by atoms with van der Waals surface area (Å²) in [7, 11) is 0. The Labute approximate surface area is 110 Å². The molecule has 2 fully saturated rings. The van der Waals surface area contributed by atoms with Crippen LogP contribution >= 0.6 is 0 Å². The summed E-state index contributed by atoms with van der Waals surface area (Å²) in [6.45, 7) is 6.49. The van der Waals surface area contributed by atoms with Crippen LogP contribution in [-0.4, -0.2) is 42.6 Å². The Hall–Kier alpha value is -0.610. The van der Waals surface area contributed by atoms with Gasteiger partial charge in [0.1, 0.15) is 0 Å². The standard InChI is InChI=1S/C14H26N2O2/c1-3-12-9-16(6-7-18-12)14(17)13-5-4-11(15)8-10(13)2/h10-13H,3-9,15H2,1-2H3. The number of ether oxygens (including phenoxy) is 1. The second kappa shape index (κ2) is 6.02. The number of hydrogen-bond acceptors (Lipinski definition) is 3. The molecule has 0 bridgehead atoms. The van der Waals surface area contributed by atoms with Crippen LogP contribution in [0.25, 0.3) is 0 Å². The highest BCUT2D eigenvalue weighted by molar-refractivity contribution is 5.79. The molecule has 1 saturated carbocycles. The maximum atomic E-state index is 12.6. The summed E-state index contributed by atoms with van der Waals surface area (Å²) in [5.41, 5.74) is 5.96. The zero-order valence-electron chi connectivity index (χ0n) is 11.6. The minimum atomic E-state index is 0.181. The van der Waals surface area contributed by atoms with Crippen molar-refractivity contribution < 1.29 is 9.53 Å². The fraction of sp³-hybridized carbons (Fsp3) is 0.929. The lowest BCUT2D eigenvalue weighted by molar-refractivity contribution is -0.146. The van der Waals surface area contributed by atoms with E-state index in [0.717, 1.165) is 38.8 Å². The maximum Gasteiger partial charge on any atom is 0.226 e. The summed E-state index contributed by atoms with van der Waals surface area (Å²) >= 11 is 0. The van der Waals surface area contributed by atoms with Crippen molar-refractivity contribution in [3.8, 4) is 0 Å². The van der Waals surface area contributed by atoms with Gasteiger partial charge >= 0.3 is 0 Å². The molecular weight excluding hydrogens is 228 g/mol. The molecule has 0 spiro atoms. The van der Waals surface area contributed by atoms with E-state index in [4.69, 9.17) is 10.5 Å². The molecular formula is C14H26N2O2. The Morgan fingerprint density at radius 1 is 1.44 bits per heavy atom. The van der Waals surface area contributed by atoms with E-state index >= 15 is 0 Å². The molecule has 0 aromatic heterocycles. The minimum absolute atomic E-state index is 0.181. The molecule has 0 radical (unpaired) electrons. The highest BCUT2D eigenvalue weighted by atomic mass is 16.5. The smallest absolute Gasteiger partial charge is 0.226 e. The van der Waals surface area contributed by atoms with Gasteiger partial charge in [-0.2, -0.15) is 0 Å². The summed E-state index contributed by atoms with van der Waals surface area (Å²) in [6.07, 6.45) is 4.13. The van der Waals surface area contributed by atoms with Crippen molar-refractivity contribution in [1.29, 1.82) is 0 Å². The van der Waals surface area contributed by atoms with Gasteiger partial charge in [0, 0.05) is 25.0 Å². The zero-order valence-corrected chi connectivity index (χ0v) is 11.6. The lowest BCUT2D eigenvalue weighted by Crippen LogP contribution is -2.50. The van der Waals surface area contributed by atoms with Crippen LogP contribution in [0.5, 0.6) is 0 Å². The number of hydrogen-bond donors (Lipinski definition) is 1. The zero-order chi connectivity index (χ0) is 13.1. The second-order valence-corrected chi connectivity index (χ2v) is 5.84. The molecule has 4 atom stereocenters. The number of morpholine rings is 1. The highest BCUT2D eigenvalue weighted by Gasteiger charge is 2.35. The lowest BCUT2D eigenvalue weighted by Gasteiger charge is -2.38. The van der Waals surface area contributed by atoms with Crippen molar-refractivity contribution in [2.75, 3.05) is 19.7 Å². The van der Waals surface area contributed by atoms with Gasteiger partial charge in [-0.15, -0.1) is 0 Å². The normalized spacial score (nSPS) is 37.6. The summed E-state index contributed by atoms with van der Waals surface area (Å²) in [5, 5.41) is 0. The molecule has 4 heteroatoms. The fourth-order valence-corrected chi connectivity index (χ4v) is 3.21. The Morgan fingerprint density at radius 3 is 2.89 bits per heavy atom. The molecule has 2 rings (SSSR count). The minimum Gasteiger partial charge on any atom is -0.375 e. The third kappa shape index (κ3) is 3.04. The molecule has 1 aliphatic carbocycles. The first-order chi connectivity index (χ1) is 8.61. The molecule has 1 heterocycles. The number of nitrogens with zero attached hydrogens (tertiary/aromatic N) is 1. The number of nitrogens with two attached hydrogens (primary N) is 1. The molecule has 4 unspecified atom stereocenters. The monoisotopic (exact) mass is 254 g/mol. The molecule has 1 aliphatic heterocycles. The van der Waals surface area contributed by atoms with E-state index in [1.54, 1.807) is 0 Å². The summed E-state index contributed by atoms with van der Waals surface area (Å²) in [4.78, 5) is 14.6. The predicted octanol–water partition coefficient (Wildman–Crippen LogP) is 1.39. The van der Waals surface area contributed by atoms with Crippen molar-refractivity contribution >= 4 is 5.91 Å². The van der Waals surface area contributed by atoms with Crippen LogP contribution in [0.2, 0.25) is 0 Å². The van der Waals surface area contributed by atoms with Crippen molar-refractivity contribution in [2.45, 2.75) is 51.7 Å². The summed E-state index contributed by atoms with van der Waals surface area (Å²) in [5.74, 6) is 0.931. The molecule has 1 saturated heterocycles. The quantitative estimate of drug-likeness (QED) is 0.810. The Kier molecular flexibility index (Phi) is 4.62. The SMILES string of the molecule is CCC1CN(C(=O)C2CCC(N)CC2C)CCO1. The van der Waals surface area contributed by atoms with Gasteiger partial charge in [-0.1, -0.05) is 13.8 Å². The van der Waals surface area contributed by atoms with Crippen molar-refractivity contribution in [3.63, 3.8) is 0 Å². The first-order valence-corrected chi connectivity index (χ1v) is 7.27. The van der Waals surface area contributed by atoms with E-state index in [0.29, 0.717) is 18.4 Å². The number of carbonyl (C=O) groups is 1. The predicted molar refractivity (Wildman–Crippen MR) is 71.1 cm³/mol. The number of amides is 1. The first-order valence-electron chi connectivity index (χ1n) is 7.27. The number of carbonyl (C=O) groups excluding carboxylic acids is 1.